The summed E-state index contributed by atoms with van der Waals surface area (Å²) in [6.07, 6.45) is 12.4. The minimum absolute atomic E-state index is 0.0214. The van der Waals surface area contributed by atoms with E-state index in [2.05, 4.69) is 13.8 Å². The van der Waals surface area contributed by atoms with Gasteiger partial charge in [0.1, 0.15) is 0 Å². The highest BCUT2D eigenvalue weighted by atomic mass is 16.3. The Labute approximate surface area is 124 Å². The molecule has 8 atom stereocenters. The first-order valence-corrected chi connectivity index (χ1v) is 9.27. The average Bonchev–Trinajstić information content (AvgIpc) is 2.74. The third-order valence-electron chi connectivity index (χ3n) is 8.40. The zero-order valence-electron chi connectivity index (χ0n) is 13.4. The zero-order valence-corrected chi connectivity index (χ0v) is 13.4. The monoisotopic (exact) mass is 276 g/mol. The van der Waals surface area contributed by atoms with Crippen LogP contribution < -0.4 is 0 Å². The van der Waals surface area contributed by atoms with Gasteiger partial charge in [-0.05, 0) is 98.7 Å². The number of rotatable bonds is 0. The van der Waals surface area contributed by atoms with Crippen LogP contribution in [0.3, 0.4) is 0 Å². The van der Waals surface area contributed by atoms with E-state index in [-0.39, 0.29) is 6.10 Å². The van der Waals surface area contributed by atoms with E-state index in [9.17, 15) is 5.11 Å². The van der Waals surface area contributed by atoms with Gasteiger partial charge in [0.2, 0.25) is 0 Å². The number of aliphatic hydroxyl groups excluding tert-OH is 1. The van der Waals surface area contributed by atoms with Crippen LogP contribution in [-0.2, 0) is 0 Å². The summed E-state index contributed by atoms with van der Waals surface area (Å²) in [6.45, 7) is 5.13. The second-order valence-electron chi connectivity index (χ2n) is 8.93. The molecule has 0 amide bonds. The SMILES string of the molecule is CC1CCC2C3CCC4CC(O)CC[C@@H]4C3CC[C@]12C. The van der Waals surface area contributed by atoms with Crippen LogP contribution >= 0.6 is 0 Å². The number of fused-ring (bicyclic) bond motifs is 5. The van der Waals surface area contributed by atoms with Gasteiger partial charge in [0.05, 0.1) is 6.10 Å². The van der Waals surface area contributed by atoms with Crippen LogP contribution in [0.2, 0.25) is 0 Å². The fraction of sp³-hybridized carbons (Fsp3) is 1.00. The molecule has 1 nitrogen and oxygen atoms in total. The molecule has 1 N–H and O–H groups in total. The lowest BCUT2D eigenvalue weighted by molar-refractivity contribution is -0.0755. The van der Waals surface area contributed by atoms with Gasteiger partial charge in [-0.1, -0.05) is 13.8 Å². The van der Waals surface area contributed by atoms with Gasteiger partial charge in [-0.2, -0.15) is 0 Å². The summed E-state index contributed by atoms with van der Waals surface area (Å²) < 4.78 is 0. The largest absolute Gasteiger partial charge is 0.393 e. The third-order valence-corrected chi connectivity index (χ3v) is 8.40. The molecule has 4 fully saturated rings. The van der Waals surface area contributed by atoms with Gasteiger partial charge < -0.3 is 5.11 Å². The standard InChI is InChI=1S/C19H32O/c1-12-3-8-18-17-6-4-13-11-14(20)5-7-15(13)16(17)9-10-19(12,18)2/h12-18,20H,3-11H2,1-2H3/t12?,13?,14?,15-,16?,17?,18?,19+/m0/s1. The predicted molar refractivity (Wildman–Crippen MR) is 82.3 cm³/mol. The number of aliphatic hydroxyl groups is 1. The van der Waals surface area contributed by atoms with Crippen molar-refractivity contribution in [3.8, 4) is 0 Å². The van der Waals surface area contributed by atoms with Crippen LogP contribution in [-0.4, -0.2) is 11.2 Å². The van der Waals surface area contributed by atoms with E-state index in [1.54, 1.807) is 0 Å². The molecule has 0 aromatic carbocycles. The Morgan fingerprint density at radius 1 is 0.850 bits per heavy atom. The smallest absolute Gasteiger partial charge is 0.0543 e. The van der Waals surface area contributed by atoms with Gasteiger partial charge in [0, 0.05) is 0 Å². The molecule has 0 aromatic rings. The summed E-state index contributed by atoms with van der Waals surface area (Å²) in [5, 5.41) is 9.97. The molecule has 20 heavy (non-hydrogen) atoms. The summed E-state index contributed by atoms with van der Waals surface area (Å²) in [7, 11) is 0. The summed E-state index contributed by atoms with van der Waals surface area (Å²) in [6, 6.07) is 0. The minimum atomic E-state index is 0.0214. The van der Waals surface area contributed by atoms with Crippen molar-refractivity contribution in [2.75, 3.05) is 0 Å². The van der Waals surface area contributed by atoms with E-state index in [1.165, 1.54) is 44.9 Å². The molecule has 4 aliphatic rings. The second kappa shape index (κ2) is 4.73. The van der Waals surface area contributed by atoms with E-state index in [0.29, 0.717) is 5.41 Å². The van der Waals surface area contributed by atoms with Gasteiger partial charge in [0.25, 0.3) is 0 Å². The fourth-order valence-electron chi connectivity index (χ4n) is 7.09. The topological polar surface area (TPSA) is 20.2 Å². The molecular formula is C19H32O. The maximum atomic E-state index is 9.97. The average molecular weight is 276 g/mol. The first-order valence-electron chi connectivity index (χ1n) is 9.27. The van der Waals surface area contributed by atoms with Crippen LogP contribution in [0.15, 0.2) is 0 Å². The Kier molecular flexibility index (Phi) is 3.22. The van der Waals surface area contributed by atoms with Crippen molar-refractivity contribution in [2.24, 2.45) is 40.9 Å². The van der Waals surface area contributed by atoms with Crippen LogP contribution in [0.4, 0.5) is 0 Å². The highest BCUT2D eigenvalue weighted by molar-refractivity contribution is 5.05. The Bertz CT molecular complexity index is 378. The lowest BCUT2D eigenvalue weighted by Gasteiger charge is -2.56. The lowest BCUT2D eigenvalue weighted by Crippen LogP contribution is -2.48. The van der Waals surface area contributed by atoms with Crippen molar-refractivity contribution in [3.63, 3.8) is 0 Å². The first kappa shape index (κ1) is 13.6. The second-order valence-corrected chi connectivity index (χ2v) is 8.93. The molecule has 6 unspecified atom stereocenters. The van der Waals surface area contributed by atoms with Crippen LogP contribution in [0.1, 0.15) is 71.6 Å². The van der Waals surface area contributed by atoms with Gasteiger partial charge in [-0.3, -0.25) is 0 Å². The van der Waals surface area contributed by atoms with E-state index in [0.717, 1.165) is 48.3 Å². The predicted octanol–water partition coefficient (Wildman–Crippen LogP) is 4.64. The maximum absolute atomic E-state index is 9.97. The van der Waals surface area contributed by atoms with Gasteiger partial charge in [-0.15, -0.1) is 0 Å². The molecule has 0 spiro atoms. The molecule has 4 rings (SSSR count). The lowest BCUT2D eigenvalue weighted by atomic mass is 9.50. The highest BCUT2D eigenvalue weighted by Gasteiger charge is 2.55. The first-order chi connectivity index (χ1) is 9.59. The Hall–Kier alpha value is -0.0400. The van der Waals surface area contributed by atoms with Crippen LogP contribution in [0.5, 0.6) is 0 Å². The molecule has 0 radical (unpaired) electrons. The van der Waals surface area contributed by atoms with Crippen molar-refractivity contribution >= 4 is 0 Å². The van der Waals surface area contributed by atoms with Crippen molar-refractivity contribution in [1.82, 2.24) is 0 Å². The Morgan fingerprint density at radius 2 is 1.65 bits per heavy atom. The molecule has 1 heteroatoms. The fourth-order valence-corrected chi connectivity index (χ4v) is 7.09. The summed E-state index contributed by atoms with van der Waals surface area (Å²) in [5.41, 5.74) is 0.669. The van der Waals surface area contributed by atoms with E-state index >= 15 is 0 Å². The zero-order chi connectivity index (χ0) is 13.9. The molecule has 0 saturated heterocycles. The van der Waals surface area contributed by atoms with Crippen LogP contribution in [0.25, 0.3) is 0 Å². The molecule has 0 heterocycles. The van der Waals surface area contributed by atoms with Crippen molar-refractivity contribution in [1.29, 1.82) is 0 Å². The molecule has 0 bridgehead atoms. The quantitative estimate of drug-likeness (QED) is 0.683. The number of hydrogen-bond donors (Lipinski definition) is 1. The van der Waals surface area contributed by atoms with E-state index in [4.69, 9.17) is 0 Å². The van der Waals surface area contributed by atoms with Gasteiger partial charge in [0.15, 0.2) is 0 Å². The maximum Gasteiger partial charge on any atom is 0.0543 e. The number of hydrogen-bond acceptors (Lipinski definition) is 1. The van der Waals surface area contributed by atoms with Gasteiger partial charge >= 0.3 is 0 Å². The molecular weight excluding hydrogens is 244 g/mol. The van der Waals surface area contributed by atoms with Crippen molar-refractivity contribution < 1.29 is 5.11 Å². The Balaban J connectivity index is 1.57. The molecule has 4 saturated carbocycles. The summed E-state index contributed by atoms with van der Waals surface area (Å²) in [5.74, 6) is 5.88. The molecule has 0 aromatic heterocycles. The normalized spacial score (nSPS) is 58.6. The van der Waals surface area contributed by atoms with E-state index < -0.39 is 0 Å². The third kappa shape index (κ3) is 1.84. The van der Waals surface area contributed by atoms with Crippen LogP contribution in [0, 0.1) is 40.9 Å². The minimum Gasteiger partial charge on any atom is -0.393 e. The molecule has 114 valence electrons. The van der Waals surface area contributed by atoms with Crippen molar-refractivity contribution in [3.05, 3.63) is 0 Å². The van der Waals surface area contributed by atoms with E-state index in [1.807, 2.05) is 0 Å². The Morgan fingerprint density at radius 3 is 2.50 bits per heavy atom. The molecule has 4 aliphatic carbocycles. The van der Waals surface area contributed by atoms with Crippen molar-refractivity contribution in [2.45, 2.75) is 77.7 Å². The highest BCUT2D eigenvalue weighted by Crippen LogP contribution is 2.63. The summed E-state index contributed by atoms with van der Waals surface area (Å²) in [4.78, 5) is 0. The van der Waals surface area contributed by atoms with Gasteiger partial charge in [-0.25, -0.2) is 0 Å². The summed E-state index contributed by atoms with van der Waals surface area (Å²) >= 11 is 0. The molecule has 0 aliphatic heterocycles.